The molecule has 0 aliphatic heterocycles. The predicted molar refractivity (Wildman–Crippen MR) is 36.9 cm³/mol. The molecule has 10 heavy (non-hydrogen) atoms. The maximum Gasteiger partial charge on any atom is 0.195 e. The summed E-state index contributed by atoms with van der Waals surface area (Å²) in [6.07, 6.45) is 0. The first-order chi connectivity index (χ1) is 4.46. The highest BCUT2D eigenvalue weighted by molar-refractivity contribution is 6.43. The van der Waals surface area contributed by atoms with Gasteiger partial charge in [-0.1, -0.05) is 11.6 Å². The number of aliphatic hydroxyl groups excluding tert-OH is 1. The first-order valence-electron chi connectivity index (χ1n) is 2.57. The third kappa shape index (κ3) is 2.19. The average molecular weight is 163 g/mol. The van der Waals surface area contributed by atoms with Gasteiger partial charge >= 0.3 is 0 Å². The number of Topliss-reactive ketones (excluding diaryl/α,β-unsaturated/α-hetero) is 2. The van der Waals surface area contributed by atoms with Crippen molar-refractivity contribution in [2.24, 2.45) is 0 Å². The van der Waals surface area contributed by atoms with Crippen LogP contribution in [-0.4, -0.2) is 16.7 Å². The second-order valence-corrected chi connectivity index (χ2v) is 2.15. The summed E-state index contributed by atoms with van der Waals surface area (Å²) in [5, 5.41) is 8.33. The zero-order valence-electron chi connectivity index (χ0n) is 5.64. The van der Waals surface area contributed by atoms with E-state index in [-0.39, 0.29) is 0 Å². The molecule has 0 spiro atoms. The van der Waals surface area contributed by atoms with Gasteiger partial charge < -0.3 is 5.11 Å². The van der Waals surface area contributed by atoms with Gasteiger partial charge in [0, 0.05) is 13.8 Å². The molecule has 0 aliphatic carbocycles. The molecule has 0 saturated heterocycles. The van der Waals surface area contributed by atoms with Gasteiger partial charge in [0.1, 0.15) is 5.03 Å². The molecule has 0 amide bonds. The minimum absolute atomic E-state index is 0.410. The highest BCUT2D eigenvalue weighted by Gasteiger charge is 2.10. The Hall–Kier alpha value is -0.830. The molecule has 0 unspecified atom stereocenters. The Morgan fingerprint density at radius 2 is 1.60 bits per heavy atom. The van der Waals surface area contributed by atoms with Crippen LogP contribution in [0.3, 0.4) is 0 Å². The number of aliphatic hydroxyl groups is 1. The van der Waals surface area contributed by atoms with E-state index in [0.29, 0.717) is 0 Å². The van der Waals surface area contributed by atoms with E-state index in [1.54, 1.807) is 0 Å². The fraction of sp³-hybridized carbons (Fsp3) is 0.333. The summed E-state index contributed by atoms with van der Waals surface area (Å²) in [5.41, 5.74) is 0. The van der Waals surface area contributed by atoms with E-state index in [1.807, 2.05) is 0 Å². The lowest BCUT2D eigenvalue weighted by atomic mass is 10.3. The Morgan fingerprint density at radius 1 is 1.20 bits per heavy atom. The maximum absolute atomic E-state index is 10.4. The molecule has 4 heteroatoms. The summed E-state index contributed by atoms with van der Waals surface area (Å²) < 4.78 is 0. The van der Waals surface area contributed by atoms with Crippen LogP contribution in [0.1, 0.15) is 13.8 Å². The lowest BCUT2D eigenvalue weighted by Crippen LogP contribution is -2.02. The van der Waals surface area contributed by atoms with Crippen LogP contribution >= 0.6 is 11.6 Å². The first-order valence-corrected chi connectivity index (χ1v) is 2.95. The van der Waals surface area contributed by atoms with Crippen molar-refractivity contribution in [3.63, 3.8) is 0 Å². The second-order valence-electron chi connectivity index (χ2n) is 1.77. The molecule has 0 rings (SSSR count). The number of allylic oxidation sites excluding steroid dienone is 2. The van der Waals surface area contributed by atoms with Crippen LogP contribution in [0.25, 0.3) is 0 Å². The van der Waals surface area contributed by atoms with Gasteiger partial charge in [-0.2, -0.15) is 0 Å². The van der Waals surface area contributed by atoms with E-state index in [4.69, 9.17) is 16.7 Å². The third-order valence-corrected chi connectivity index (χ3v) is 1.30. The number of hydrogen-bond acceptors (Lipinski definition) is 3. The fourth-order valence-electron chi connectivity index (χ4n) is 0.321. The number of carbonyl (C=O) groups is 2. The molecule has 1 N–H and O–H groups in total. The predicted octanol–water partition coefficient (Wildman–Crippen LogP) is 1.17. The van der Waals surface area contributed by atoms with Gasteiger partial charge in [0.2, 0.25) is 0 Å². The SMILES string of the molecule is CC(=O)/C(O)=C(\Cl)C(C)=O. The number of hydrogen-bond donors (Lipinski definition) is 1. The molecule has 0 heterocycles. The molecule has 0 aromatic heterocycles. The van der Waals surface area contributed by atoms with Gasteiger partial charge in [-0.05, 0) is 0 Å². The van der Waals surface area contributed by atoms with E-state index in [9.17, 15) is 9.59 Å². The molecule has 0 saturated carbocycles. The molecule has 0 bridgehead atoms. The Balaban J connectivity index is 4.67. The Kier molecular flexibility index (Phi) is 3.09. The molecule has 0 aromatic carbocycles. The van der Waals surface area contributed by atoms with Crippen LogP contribution in [0.4, 0.5) is 0 Å². The standard InChI is InChI=1S/C6H7ClO3/c1-3(8)5(7)6(10)4(2)9/h10H,1-2H3/b6-5+. The summed E-state index contributed by atoms with van der Waals surface area (Å²) in [6.45, 7) is 2.29. The molecular formula is C6H7ClO3. The Bertz CT molecular complexity index is 183. The Morgan fingerprint density at radius 3 is 1.70 bits per heavy atom. The molecule has 56 valence electrons. The zero-order chi connectivity index (χ0) is 8.31. The van der Waals surface area contributed by atoms with Crippen molar-refractivity contribution in [3.05, 3.63) is 10.8 Å². The highest BCUT2D eigenvalue weighted by Crippen LogP contribution is 2.08. The summed E-state index contributed by atoms with van der Waals surface area (Å²) >= 11 is 5.22. The lowest BCUT2D eigenvalue weighted by molar-refractivity contribution is -0.117. The van der Waals surface area contributed by atoms with E-state index in [2.05, 4.69) is 0 Å². The van der Waals surface area contributed by atoms with E-state index in [1.165, 1.54) is 6.92 Å². The number of halogens is 1. The quantitative estimate of drug-likeness (QED) is 0.490. The lowest BCUT2D eigenvalue weighted by Gasteiger charge is -1.94. The minimum atomic E-state index is -0.672. The number of ketones is 2. The van der Waals surface area contributed by atoms with Crippen LogP contribution in [0, 0.1) is 0 Å². The van der Waals surface area contributed by atoms with E-state index < -0.39 is 22.4 Å². The smallest absolute Gasteiger partial charge is 0.195 e. The molecular weight excluding hydrogens is 156 g/mol. The summed E-state index contributed by atoms with van der Waals surface area (Å²) in [6, 6.07) is 0. The molecule has 0 aliphatic rings. The summed E-state index contributed by atoms with van der Waals surface area (Å²) in [7, 11) is 0. The largest absolute Gasteiger partial charge is 0.503 e. The van der Waals surface area contributed by atoms with Crippen molar-refractivity contribution in [2.45, 2.75) is 13.8 Å². The first kappa shape index (κ1) is 9.17. The average Bonchev–Trinajstić information content (AvgIpc) is 1.84. The zero-order valence-corrected chi connectivity index (χ0v) is 6.40. The van der Waals surface area contributed by atoms with Crippen molar-refractivity contribution < 1.29 is 14.7 Å². The molecule has 0 aromatic rings. The van der Waals surface area contributed by atoms with Gasteiger partial charge in [0.25, 0.3) is 0 Å². The van der Waals surface area contributed by atoms with E-state index >= 15 is 0 Å². The monoisotopic (exact) mass is 162 g/mol. The van der Waals surface area contributed by atoms with Gasteiger partial charge in [-0.3, -0.25) is 9.59 Å². The van der Waals surface area contributed by atoms with Crippen LogP contribution < -0.4 is 0 Å². The highest BCUT2D eigenvalue weighted by atomic mass is 35.5. The van der Waals surface area contributed by atoms with Gasteiger partial charge in [-0.15, -0.1) is 0 Å². The normalized spacial score (nSPS) is 12.3. The van der Waals surface area contributed by atoms with Gasteiger partial charge in [-0.25, -0.2) is 0 Å². The van der Waals surface area contributed by atoms with Crippen molar-refractivity contribution in [3.8, 4) is 0 Å². The number of rotatable bonds is 2. The maximum atomic E-state index is 10.4. The molecule has 0 atom stereocenters. The van der Waals surface area contributed by atoms with Crippen LogP contribution in [0.15, 0.2) is 10.8 Å². The van der Waals surface area contributed by atoms with Crippen molar-refractivity contribution in [1.29, 1.82) is 0 Å². The van der Waals surface area contributed by atoms with Crippen LogP contribution in [0.2, 0.25) is 0 Å². The molecule has 3 nitrogen and oxygen atoms in total. The topological polar surface area (TPSA) is 54.4 Å². The van der Waals surface area contributed by atoms with Crippen molar-refractivity contribution in [2.75, 3.05) is 0 Å². The number of carbonyl (C=O) groups excluding carboxylic acids is 2. The van der Waals surface area contributed by atoms with Gasteiger partial charge in [0.05, 0.1) is 0 Å². The summed E-state index contributed by atoms with van der Waals surface area (Å²) in [4.78, 5) is 20.7. The van der Waals surface area contributed by atoms with Crippen LogP contribution in [0.5, 0.6) is 0 Å². The van der Waals surface area contributed by atoms with Crippen molar-refractivity contribution >= 4 is 23.2 Å². The molecule has 0 radical (unpaired) electrons. The van der Waals surface area contributed by atoms with E-state index in [0.717, 1.165) is 6.92 Å². The third-order valence-electron chi connectivity index (χ3n) is 0.850. The Labute approximate surface area is 63.3 Å². The summed E-state index contributed by atoms with van der Waals surface area (Å²) in [5.74, 6) is -1.80. The van der Waals surface area contributed by atoms with Crippen molar-refractivity contribution in [1.82, 2.24) is 0 Å². The van der Waals surface area contributed by atoms with Gasteiger partial charge in [0.15, 0.2) is 17.3 Å². The minimum Gasteiger partial charge on any atom is -0.503 e. The fourth-order valence-corrected chi connectivity index (χ4v) is 0.454. The second kappa shape index (κ2) is 3.37. The molecule has 0 fully saturated rings. The van der Waals surface area contributed by atoms with Crippen LogP contribution in [-0.2, 0) is 9.59 Å².